The Balaban J connectivity index is 3.10. The van der Waals surface area contributed by atoms with Crippen LogP contribution in [0.25, 0.3) is 6.08 Å². The van der Waals surface area contributed by atoms with Crippen LogP contribution in [0.1, 0.15) is 12.5 Å². The monoisotopic (exact) mass is 241 g/mol. The number of alkyl halides is 1. The van der Waals surface area contributed by atoms with E-state index in [1.807, 2.05) is 6.92 Å². The first-order valence-corrected chi connectivity index (χ1v) is 5.36. The van der Waals surface area contributed by atoms with Crippen molar-refractivity contribution in [2.75, 3.05) is 12.5 Å². The Morgan fingerprint density at radius 2 is 2.31 bits per heavy atom. The molecule has 0 heterocycles. The topological polar surface area (TPSA) is 52.4 Å². The highest BCUT2D eigenvalue weighted by atomic mass is 35.5. The largest absolute Gasteiger partial charge is 0.493 e. The van der Waals surface area contributed by atoms with Crippen molar-refractivity contribution in [2.24, 2.45) is 0 Å². The van der Waals surface area contributed by atoms with Gasteiger partial charge in [-0.3, -0.25) is 10.1 Å². The third-order valence-corrected chi connectivity index (χ3v) is 2.07. The summed E-state index contributed by atoms with van der Waals surface area (Å²) in [6.07, 6.45) is 3.42. The third kappa shape index (κ3) is 3.24. The van der Waals surface area contributed by atoms with E-state index >= 15 is 0 Å². The molecule has 1 rings (SSSR count). The van der Waals surface area contributed by atoms with Gasteiger partial charge < -0.3 is 4.74 Å². The van der Waals surface area contributed by atoms with E-state index in [1.165, 1.54) is 12.1 Å². The van der Waals surface area contributed by atoms with Crippen LogP contribution in [0.5, 0.6) is 5.75 Å². The summed E-state index contributed by atoms with van der Waals surface area (Å²) in [5, 5.41) is 10.6. The first-order valence-electron chi connectivity index (χ1n) is 4.82. The van der Waals surface area contributed by atoms with Gasteiger partial charge in [-0.2, -0.15) is 0 Å². The molecule has 16 heavy (non-hydrogen) atoms. The number of nitro groups is 1. The maximum Gasteiger partial charge on any atom is 0.270 e. The highest BCUT2D eigenvalue weighted by Gasteiger charge is 2.09. The average Bonchev–Trinajstić information content (AvgIpc) is 2.27. The molecule has 1 aromatic rings. The van der Waals surface area contributed by atoms with Crippen LogP contribution in [0.4, 0.5) is 5.69 Å². The van der Waals surface area contributed by atoms with Crippen LogP contribution in [0, 0.1) is 10.1 Å². The second-order valence-corrected chi connectivity index (χ2v) is 3.28. The second kappa shape index (κ2) is 6.12. The Bertz CT molecular complexity index is 404. The minimum Gasteiger partial charge on any atom is -0.493 e. The van der Waals surface area contributed by atoms with Gasteiger partial charge in [0.25, 0.3) is 5.69 Å². The Kier molecular flexibility index (Phi) is 4.79. The number of benzene rings is 1. The van der Waals surface area contributed by atoms with Gasteiger partial charge in [-0.15, -0.1) is 11.6 Å². The van der Waals surface area contributed by atoms with Crippen molar-refractivity contribution < 1.29 is 9.66 Å². The van der Waals surface area contributed by atoms with Crippen molar-refractivity contribution in [3.8, 4) is 5.75 Å². The van der Waals surface area contributed by atoms with Crippen molar-refractivity contribution >= 4 is 23.4 Å². The summed E-state index contributed by atoms with van der Waals surface area (Å²) >= 11 is 5.52. The summed E-state index contributed by atoms with van der Waals surface area (Å²) in [5.41, 5.74) is 0.703. The van der Waals surface area contributed by atoms with Crippen molar-refractivity contribution in [3.05, 3.63) is 40.0 Å². The number of ether oxygens (including phenoxy) is 1. The molecule has 0 bridgehead atoms. The molecule has 86 valence electrons. The normalized spacial score (nSPS) is 10.6. The number of hydrogen-bond donors (Lipinski definition) is 0. The first kappa shape index (κ1) is 12.5. The predicted octanol–water partition coefficient (Wildman–Crippen LogP) is 3.25. The third-order valence-electron chi connectivity index (χ3n) is 1.89. The Labute approximate surface area is 98.6 Å². The quantitative estimate of drug-likeness (QED) is 0.452. The van der Waals surface area contributed by atoms with Gasteiger partial charge >= 0.3 is 0 Å². The SMILES string of the molecule is CCOc1ccc([N+](=O)[O-])cc1C=CCCl. The fraction of sp³-hybridized carbons (Fsp3) is 0.273. The molecule has 0 aliphatic rings. The number of rotatable bonds is 5. The molecule has 0 N–H and O–H groups in total. The van der Waals surface area contributed by atoms with E-state index in [4.69, 9.17) is 16.3 Å². The highest BCUT2D eigenvalue weighted by molar-refractivity contribution is 6.19. The Morgan fingerprint density at radius 3 is 2.88 bits per heavy atom. The molecule has 0 amide bonds. The maximum absolute atomic E-state index is 10.6. The van der Waals surface area contributed by atoms with Gasteiger partial charge in [-0.1, -0.05) is 12.2 Å². The number of allylic oxidation sites excluding steroid dienone is 1. The van der Waals surface area contributed by atoms with Crippen molar-refractivity contribution in [3.63, 3.8) is 0 Å². The molecule has 0 atom stereocenters. The zero-order chi connectivity index (χ0) is 12.0. The maximum atomic E-state index is 10.6. The molecule has 0 spiro atoms. The molecule has 0 radical (unpaired) electrons. The van der Waals surface area contributed by atoms with Gasteiger partial charge in [0.1, 0.15) is 5.75 Å². The molecule has 0 saturated heterocycles. The fourth-order valence-corrected chi connectivity index (χ4v) is 1.33. The van der Waals surface area contributed by atoms with Crippen molar-refractivity contribution in [2.45, 2.75) is 6.92 Å². The molecule has 4 nitrogen and oxygen atoms in total. The smallest absolute Gasteiger partial charge is 0.270 e. The van der Waals surface area contributed by atoms with Crippen LogP contribution in [0.3, 0.4) is 0 Å². The van der Waals surface area contributed by atoms with Crippen LogP contribution in [-0.4, -0.2) is 17.4 Å². The van der Waals surface area contributed by atoms with E-state index < -0.39 is 4.92 Å². The lowest BCUT2D eigenvalue weighted by atomic mass is 10.1. The van der Waals surface area contributed by atoms with Gasteiger partial charge in [0.05, 0.1) is 11.5 Å². The van der Waals surface area contributed by atoms with Gasteiger partial charge in [0.15, 0.2) is 0 Å². The zero-order valence-electron chi connectivity index (χ0n) is 8.85. The number of nitro benzene ring substituents is 1. The summed E-state index contributed by atoms with van der Waals surface area (Å²) in [7, 11) is 0. The van der Waals surface area contributed by atoms with Crippen LogP contribution in [0.15, 0.2) is 24.3 Å². The lowest BCUT2D eigenvalue weighted by Crippen LogP contribution is -1.95. The summed E-state index contributed by atoms with van der Waals surface area (Å²) in [6.45, 7) is 2.37. The summed E-state index contributed by atoms with van der Waals surface area (Å²) in [4.78, 5) is 10.2. The number of halogens is 1. The first-order chi connectivity index (χ1) is 7.69. The second-order valence-electron chi connectivity index (χ2n) is 2.97. The van der Waals surface area contributed by atoms with Gasteiger partial charge in [-0.25, -0.2) is 0 Å². The van der Waals surface area contributed by atoms with Gasteiger partial charge in [0, 0.05) is 23.6 Å². The van der Waals surface area contributed by atoms with Gasteiger partial charge in [0.2, 0.25) is 0 Å². The van der Waals surface area contributed by atoms with Crippen molar-refractivity contribution in [1.29, 1.82) is 0 Å². The number of non-ortho nitro benzene ring substituents is 1. The number of hydrogen-bond acceptors (Lipinski definition) is 3. The van der Waals surface area contributed by atoms with E-state index in [1.54, 1.807) is 18.2 Å². The van der Waals surface area contributed by atoms with E-state index in [9.17, 15) is 10.1 Å². The standard InChI is InChI=1S/C11H12ClNO3/c1-2-16-11-6-5-10(13(14)15)8-9(11)4-3-7-12/h3-6,8H,2,7H2,1H3. The minimum absolute atomic E-state index is 0.0395. The lowest BCUT2D eigenvalue weighted by molar-refractivity contribution is -0.384. The average molecular weight is 242 g/mol. The van der Waals surface area contributed by atoms with Crippen molar-refractivity contribution in [1.82, 2.24) is 0 Å². The zero-order valence-corrected chi connectivity index (χ0v) is 9.61. The fourth-order valence-electron chi connectivity index (χ4n) is 1.24. The molecular formula is C11H12ClNO3. The lowest BCUT2D eigenvalue weighted by Gasteiger charge is -2.06. The van der Waals surface area contributed by atoms with E-state index in [0.717, 1.165) is 0 Å². The number of nitrogens with zero attached hydrogens (tertiary/aromatic N) is 1. The molecule has 0 saturated carbocycles. The molecule has 0 fully saturated rings. The summed E-state index contributed by atoms with van der Waals surface area (Å²) < 4.78 is 5.35. The molecule has 0 unspecified atom stereocenters. The van der Waals surface area contributed by atoms with Crippen LogP contribution in [0.2, 0.25) is 0 Å². The molecule has 0 aliphatic carbocycles. The highest BCUT2D eigenvalue weighted by Crippen LogP contribution is 2.25. The molecule has 1 aromatic carbocycles. The molecular weight excluding hydrogens is 230 g/mol. The van der Waals surface area contributed by atoms with Crippen LogP contribution < -0.4 is 4.74 Å². The molecule has 0 aromatic heterocycles. The van der Waals surface area contributed by atoms with Crippen LogP contribution >= 0.6 is 11.6 Å². The van der Waals surface area contributed by atoms with E-state index in [0.29, 0.717) is 23.8 Å². The minimum atomic E-state index is -0.437. The molecule has 0 aliphatic heterocycles. The summed E-state index contributed by atoms with van der Waals surface area (Å²) in [6, 6.07) is 4.48. The van der Waals surface area contributed by atoms with Gasteiger partial charge in [-0.05, 0) is 13.0 Å². The Hall–Kier alpha value is -1.55. The molecule has 5 heteroatoms. The van der Waals surface area contributed by atoms with E-state index in [-0.39, 0.29) is 5.69 Å². The summed E-state index contributed by atoms with van der Waals surface area (Å²) in [5.74, 6) is 0.975. The Morgan fingerprint density at radius 1 is 1.56 bits per heavy atom. The predicted molar refractivity (Wildman–Crippen MR) is 64.0 cm³/mol. The van der Waals surface area contributed by atoms with E-state index in [2.05, 4.69) is 0 Å². The van der Waals surface area contributed by atoms with Crippen LogP contribution in [-0.2, 0) is 0 Å².